The molecule has 0 saturated heterocycles. The van der Waals surface area contributed by atoms with Gasteiger partial charge in [-0.25, -0.2) is 0 Å². The van der Waals surface area contributed by atoms with Gasteiger partial charge in [0, 0.05) is 21.7 Å². The molecule has 3 aromatic rings. The molecule has 0 aliphatic heterocycles. The van der Waals surface area contributed by atoms with Crippen molar-refractivity contribution >= 4 is 56.5 Å². The van der Waals surface area contributed by atoms with E-state index in [0.717, 1.165) is 0 Å². The Bertz CT molecular complexity index is 1210. The molecule has 5 nitrogen and oxygen atoms in total. The fourth-order valence-electron chi connectivity index (χ4n) is 3.20. The first kappa shape index (κ1) is 22.0. The highest BCUT2D eigenvalue weighted by Gasteiger charge is 2.52. The zero-order valence-electron chi connectivity index (χ0n) is 14.3. The summed E-state index contributed by atoms with van der Waals surface area (Å²) < 4.78 is 34.0. The molecule has 3 rings (SSSR count). The van der Waals surface area contributed by atoms with Crippen molar-refractivity contribution in [3.63, 3.8) is 0 Å². The molecule has 0 heterocycles. The van der Waals surface area contributed by atoms with Crippen molar-refractivity contribution in [1.82, 2.24) is 0 Å². The molecule has 0 saturated carbocycles. The van der Waals surface area contributed by atoms with Gasteiger partial charge >= 0.3 is 0 Å². The van der Waals surface area contributed by atoms with Crippen LogP contribution < -0.4 is 0 Å². The van der Waals surface area contributed by atoms with Crippen LogP contribution in [-0.2, 0) is 14.9 Å². The summed E-state index contributed by atoms with van der Waals surface area (Å²) >= 11 is 24.7. The van der Waals surface area contributed by atoms with Gasteiger partial charge in [-0.2, -0.15) is 8.42 Å². The van der Waals surface area contributed by atoms with Gasteiger partial charge in [0.05, 0.1) is 15.1 Å². The lowest BCUT2D eigenvalue weighted by molar-refractivity contribution is 0.455. The molecule has 0 aliphatic rings. The minimum Gasteiger partial charge on any atom is -0.506 e. The highest BCUT2D eigenvalue weighted by molar-refractivity contribution is 7.87. The van der Waals surface area contributed by atoms with Crippen LogP contribution in [0.1, 0.15) is 16.7 Å². The molecule has 1 unspecified atom stereocenters. The highest BCUT2D eigenvalue weighted by atomic mass is 35.5. The van der Waals surface area contributed by atoms with Crippen LogP contribution in [0.4, 0.5) is 0 Å². The first-order valence-corrected chi connectivity index (χ1v) is 10.9. The van der Waals surface area contributed by atoms with Crippen LogP contribution >= 0.6 is 46.4 Å². The summed E-state index contributed by atoms with van der Waals surface area (Å²) in [5.74, 6) is -1.03. The molecule has 10 heteroatoms. The lowest BCUT2D eigenvalue weighted by Crippen LogP contribution is -2.39. The molecule has 0 amide bonds. The van der Waals surface area contributed by atoms with E-state index in [4.69, 9.17) is 46.4 Å². The summed E-state index contributed by atoms with van der Waals surface area (Å²) in [4.78, 5) is 0. The Hall–Kier alpha value is -1.67. The van der Waals surface area contributed by atoms with Gasteiger partial charge in [-0.05, 0) is 18.2 Å². The van der Waals surface area contributed by atoms with Crippen LogP contribution in [-0.4, -0.2) is 23.2 Å². The van der Waals surface area contributed by atoms with Crippen molar-refractivity contribution in [2.24, 2.45) is 0 Å². The average Bonchev–Trinajstić information content (AvgIpc) is 2.65. The van der Waals surface area contributed by atoms with Gasteiger partial charge in [0.2, 0.25) is 0 Å². The molecular formula is C19H12Cl4O5S. The second-order valence-electron chi connectivity index (χ2n) is 6.03. The Labute approximate surface area is 186 Å². The third-order valence-corrected chi connectivity index (χ3v) is 7.29. The van der Waals surface area contributed by atoms with Gasteiger partial charge in [-0.1, -0.05) is 82.8 Å². The molecule has 0 radical (unpaired) electrons. The average molecular weight is 494 g/mol. The molecule has 152 valence electrons. The Morgan fingerprint density at radius 3 is 1.90 bits per heavy atom. The number of phenols is 2. The van der Waals surface area contributed by atoms with Crippen molar-refractivity contribution in [2.75, 3.05) is 0 Å². The van der Waals surface area contributed by atoms with E-state index in [-0.39, 0.29) is 31.8 Å². The van der Waals surface area contributed by atoms with E-state index >= 15 is 0 Å². The molecule has 3 N–H and O–H groups in total. The van der Waals surface area contributed by atoms with Crippen molar-refractivity contribution < 1.29 is 23.2 Å². The Balaban J connectivity index is 2.66. The maximum Gasteiger partial charge on any atom is 0.283 e. The molecule has 0 bridgehead atoms. The number of benzene rings is 3. The van der Waals surface area contributed by atoms with E-state index < -0.39 is 31.4 Å². The quantitative estimate of drug-likeness (QED) is 0.311. The van der Waals surface area contributed by atoms with Gasteiger partial charge in [0.1, 0.15) is 5.75 Å². The van der Waals surface area contributed by atoms with Crippen molar-refractivity contribution in [3.8, 4) is 11.5 Å². The molecule has 29 heavy (non-hydrogen) atoms. The van der Waals surface area contributed by atoms with E-state index in [1.165, 1.54) is 48.5 Å². The zero-order valence-corrected chi connectivity index (χ0v) is 18.1. The number of hydrogen-bond donors (Lipinski definition) is 3. The summed E-state index contributed by atoms with van der Waals surface area (Å²) in [6, 6.07) is 12.2. The monoisotopic (exact) mass is 492 g/mol. The van der Waals surface area contributed by atoms with Crippen LogP contribution in [0.3, 0.4) is 0 Å². The standard InChI is InChI=1S/C19H12Cl4O5S/c20-13-6-2-1-4-10(13)19(29(26,27)28,11-5-3-7-15(24)16(11)22)12-8-9-14(21)18(25)17(12)23/h1-9,24-25H,(H,26,27,28). The number of phenolic OH excluding ortho intramolecular Hbond substituents is 2. The van der Waals surface area contributed by atoms with Crippen molar-refractivity contribution in [1.29, 1.82) is 0 Å². The SMILES string of the molecule is O=S(=O)(O)C(c1ccccc1Cl)(c1cccc(O)c1Cl)c1ccc(Cl)c(O)c1Cl. The smallest absolute Gasteiger partial charge is 0.283 e. The van der Waals surface area contributed by atoms with Crippen LogP contribution in [0.25, 0.3) is 0 Å². The Morgan fingerprint density at radius 2 is 1.28 bits per heavy atom. The van der Waals surface area contributed by atoms with Crippen LogP contribution in [0.2, 0.25) is 20.1 Å². The van der Waals surface area contributed by atoms with Crippen LogP contribution in [0.15, 0.2) is 54.6 Å². The van der Waals surface area contributed by atoms with Gasteiger partial charge < -0.3 is 10.2 Å². The Morgan fingerprint density at radius 1 is 0.690 bits per heavy atom. The second kappa shape index (κ2) is 7.87. The molecule has 0 aliphatic carbocycles. The number of aromatic hydroxyl groups is 2. The summed E-state index contributed by atoms with van der Waals surface area (Å²) in [5, 5.41) is 19.4. The molecule has 3 aromatic carbocycles. The van der Waals surface area contributed by atoms with E-state index in [9.17, 15) is 23.2 Å². The number of hydrogen-bond acceptors (Lipinski definition) is 4. The molecule has 0 spiro atoms. The Kier molecular flexibility index (Phi) is 5.98. The minimum atomic E-state index is -5.12. The van der Waals surface area contributed by atoms with Gasteiger partial charge in [-0.3, -0.25) is 4.55 Å². The number of rotatable bonds is 4. The summed E-state index contributed by atoms with van der Waals surface area (Å²) in [6.07, 6.45) is 0. The van der Waals surface area contributed by atoms with E-state index in [1.54, 1.807) is 6.07 Å². The van der Waals surface area contributed by atoms with Crippen molar-refractivity contribution in [2.45, 2.75) is 4.75 Å². The molecule has 1 atom stereocenters. The van der Waals surface area contributed by atoms with Gasteiger partial charge in [-0.15, -0.1) is 0 Å². The fraction of sp³-hybridized carbons (Fsp3) is 0.0526. The third-order valence-electron chi connectivity index (χ3n) is 4.44. The normalized spacial score (nSPS) is 13.8. The first-order valence-electron chi connectivity index (χ1n) is 7.91. The van der Waals surface area contributed by atoms with E-state index in [0.29, 0.717) is 0 Å². The van der Waals surface area contributed by atoms with Gasteiger partial charge in [0.25, 0.3) is 10.1 Å². The van der Waals surface area contributed by atoms with E-state index in [1.807, 2.05) is 0 Å². The molecular weight excluding hydrogens is 482 g/mol. The largest absolute Gasteiger partial charge is 0.506 e. The third kappa shape index (κ3) is 3.44. The molecule has 0 aromatic heterocycles. The predicted molar refractivity (Wildman–Crippen MR) is 114 cm³/mol. The lowest BCUT2D eigenvalue weighted by atomic mass is 9.83. The van der Waals surface area contributed by atoms with E-state index in [2.05, 4.69) is 0 Å². The van der Waals surface area contributed by atoms with Crippen LogP contribution in [0, 0.1) is 0 Å². The summed E-state index contributed by atoms with van der Waals surface area (Å²) in [6.45, 7) is 0. The summed E-state index contributed by atoms with van der Waals surface area (Å²) in [5.41, 5.74) is -0.581. The second-order valence-corrected chi connectivity index (χ2v) is 9.17. The van der Waals surface area contributed by atoms with Crippen LogP contribution in [0.5, 0.6) is 11.5 Å². The maximum absolute atomic E-state index is 13.0. The topological polar surface area (TPSA) is 94.8 Å². The van der Waals surface area contributed by atoms with Gasteiger partial charge in [0.15, 0.2) is 10.5 Å². The highest BCUT2D eigenvalue weighted by Crippen LogP contribution is 2.53. The van der Waals surface area contributed by atoms with Crippen molar-refractivity contribution in [3.05, 3.63) is 91.4 Å². The number of halogens is 4. The minimum absolute atomic E-state index is 0.0324. The predicted octanol–water partition coefficient (Wildman–Crippen LogP) is 5.89. The fourth-order valence-corrected chi connectivity index (χ4v) is 5.78. The molecule has 0 fully saturated rings. The maximum atomic E-state index is 13.0. The lowest BCUT2D eigenvalue weighted by Gasteiger charge is -2.34. The zero-order chi connectivity index (χ0) is 21.6. The first-order chi connectivity index (χ1) is 13.5. The summed E-state index contributed by atoms with van der Waals surface area (Å²) in [7, 11) is -5.12.